The summed E-state index contributed by atoms with van der Waals surface area (Å²) in [6.45, 7) is 7.00. The molecule has 6 nitrogen and oxygen atoms in total. The smallest absolute Gasteiger partial charge is 0.295 e. The summed E-state index contributed by atoms with van der Waals surface area (Å²) in [4.78, 5) is 28.7. The lowest BCUT2D eigenvalue weighted by molar-refractivity contribution is -0.857. The summed E-state index contributed by atoms with van der Waals surface area (Å²) in [5.41, 5.74) is 2.35. The van der Waals surface area contributed by atoms with Crippen molar-refractivity contribution in [2.45, 2.75) is 13.0 Å². The maximum absolute atomic E-state index is 13.0. The van der Waals surface area contributed by atoms with Gasteiger partial charge in [-0.2, -0.15) is 0 Å². The number of aliphatic hydroxyl groups excluding tert-OH is 1. The molecule has 1 atom stereocenters. The molecule has 0 aromatic heterocycles. The van der Waals surface area contributed by atoms with Gasteiger partial charge in [0.25, 0.3) is 11.7 Å². The third-order valence-electron chi connectivity index (χ3n) is 5.26. The summed E-state index contributed by atoms with van der Waals surface area (Å²) in [6, 6.07) is 13.8. The SMILES string of the molecule is C=CCOc1cccc([C@H]2C(=C(O)c3ccc(C)cc3)C(=O)C(=O)N2CC[NH+](C)C)c1. The second-order valence-electron chi connectivity index (χ2n) is 7.99. The molecule has 0 bridgehead atoms. The van der Waals surface area contributed by atoms with E-state index in [0.717, 1.165) is 10.5 Å². The van der Waals surface area contributed by atoms with Crippen LogP contribution in [0.3, 0.4) is 0 Å². The molecule has 2 aromatic rings. The molecule has 0 spiro atoms. The summed E-state index contributed by atoms with van der Waals surface area (Å²) in [5.74, 6) is -0.830. The molecule has 1 fully saturated rings. The number of hydrogen-bond acceptors (Lipinski definition) is 4. The average Bonchev–Trinajstić information content (AvgIpc) is 3.01. The summed E-state index contributed by atoms with van der Waals surface area (Å²) in [5, 5.41) is 11.1. The number of benzene rings is 2. The van der Waals surface area contributed by atoms with E-state index < -0.39 is 17.7 Å². The van der Waals surface area contributed by atoms with Crippen LogP contribution < -0.4 is 9.64 Å². The highest BCUT2D eigenvalue weighted by Crippen LogP contribution is 2.40. The zero-order valence-corrected chi connectivity index (χ0v) is 18.2. The van der Waals surface area contributed by atoms with Gasteiger partial charge in [-0.1, -0.05) is 54.6 Å². The van der Waals surface area contributed by atoms with Gasteiger partial charge in [-0.25, -0.2) is 0 Å². The number of aryl methyl sites for hydroxylation is 1. The lowest BCUT2D eigenvalue weighted by atomic mass is 9.95. The van der Waals surface area contributed by atoms with Crippen molar-refractivity contribution < 1.29 is 24.3 Å². The average molecular weight is 422 g/mol. The summed E-state index contributed by atoms with van der Waals surface area (Å²) in [7, 11) is 3.98. The minimum atomic E-state index is -0.687. The van der Waals surface area contributed by atoms with Crippen LogP contribution in [-0.2, 0) is 9.59 Å². The summed E-state index contributed by atoms with van der Waals surface area (Å²) in [6.07, 6.45) is 1.65. The minimum Gasteiger partial charge on any atom is -0.507 e. The fourth-order valence-electron chi connectivity index (χ4n) is 3.60. The highest BCUT2D eigenvalue weighted by molar-refractivity contribution is 6.46. The molecule has 1 heterocycles. The standard InChI is InChI=1S/C25H28N2O4/c1-5-15-31-20-8-6-7-19(16-20)22-21(23(28)18-11-9-17(2)10-12-18)24(29)25(30)27(22)14-13-26(3)4/h5-12,16,22,28H,1,13-15H2,2-4H3/p+1/t22-/m0/s1. The van der Waals surface area contributed by atoms with E-state index in [1.54, 1.807) is 29.2 Å². The van der Waals surface area contributed by atoms with E-state index in [4.69, 9.17) is 4.74 Å². The Balaban J connectivity index is 2.12. The van der Waals surface area contributed by atoms with Gasteiger partial charge in [0.2, 0.25) is 0 Å². The fourth-order valence-corrected chi connectivity index (χ4v) is 3.60. The fraction of sp³-hybridized carbons (Fsp3) is 0.280. The largest absolute Gasteiger partial charge is 0.507 e. The number of aliphatic hydroxyl groups is 1. The van der Waals surface area contributed by atoms with Crippen molar-refractivity contribution in [1.29, 1.82) is 0 Å². The minimum absolute atomic E-state index is 0.100. The third-order valence-corrected chi connectivity index (χ3v) is 5.26. The van der Waals surface area contributed by atoms with Crippen LogP contribution in [0.2, 0.25) is 0 Å². The molecule has 2 N–H and O–H groups in total. The van der Waals surface area contributed by atoms with Crippen LogP contribution in [0.15, 0.2) is 66.8 Å². The highest BCUT2D eigenvalue weighted by Gasteiger charge is 2.46. The van der Waals surface area contributed by atoms with Gasteiger partial charge in [-0.15, -0.1) is 0 Å². The summed E-state index contributed by atoms with van der Waals surface area (Å²) < 4.78 is 5.65. The number of nitrogens with one attached hydrogen (secondary N) is 1. The van der Waals surface area contributed by atoms with Crippen LogP contribution in [0, 0.1) is 6.92 Å². The number of Topliss-reactive ketones (excluding diaryl/α,β-unsaturated/α-hetero) is 1. The van der Waals surface area contributed by atoms with E-state index in [-0.39, 0.29) is 11.3 Å². The van der Waals surface area contributed by atoms with Gasteiger partial charge in [0, 0.05) is 5.56 Å². The van der Waals surface area contributed by atoms with Gasteiger partial charge in [0.15, 0.2) is 0 Å². The van der Waals surface area contributed by atoms with Gasteiger partial charge >= 0.3 is 0 Å². The maximum atomic E-state index is 13.0. The number of amides is 1. The number of quaternary nitrogens is 1. The molecule has 0 saturated carbocycles. The predicted octanol–water partition coefficient (Wildman–Crippen LogP) is 2.13. The molecule has 31 heavy (non-hydrogen) atoms. The van der Waals surface area contributed by atoms with E-state index in [0.29, 0.717) is 36.6 Å². The number of hydrogen-bond donors (Lipinski definition) is 2. The van der Waals surface area contributed by atoms with Crippen molar-refractivity contribution in [2.75, 3.05) is 33.8 Å². The van der Waals surface area contributed by atoms with Crippen molar-refractivity contribution in [3.05, 3.63) is 83.4 Å². The first-order valence-corrected chi connectivity index (χ1v) is 10.3. The molecule has 0 aliphatic carbocycles. The topological polar surface area (TPSA) is 71.3 Å². The number of carbonyl (C=O) groups excluding carboxylic acids is 2. The quantitative estimate of drug-likeness (QED) is 0.297. The van der Waals surface area contributed by atoms with Gasteiger partial charge in [0.1, 0.15) is 18.1 Å². The summed E-state index contributed by atoms with van der Waals surface area (Å²) >= 11 is 0. The molecular formula is C25H29N2O4+. The molecule has 1 saturated heterocycles. The Hall–Kier alpha value is -3.38. The second kappa shape index (κ2) is 9.62. The van der Waals surface area contributed by atoms with E-state index in [1.165, 1.54) is 0 Å². The molecular weight excluding hydrogens is 392 g/mol. The Morgan fingerprint density at radius 2 is 1.90 bits per heavy atom. The van der Waals surface area contributed by atoms with Crippen molar-refractivity contribution in [1.82, 2.24) is 4.90 Å². The number of ketones is 1. The van der Waals surface area contributed by atoms with E-state index in [1.807, 2.05) is 51.4 Å². The van der Waals surface area contributed by atoms with Crippen LogP contribution in [0.5, 0.6) is 5.75 Å². The Labute approximate surface area is 183 Å². The number of rotatable bonds is 8. The lowest BCUT2D eigenvalue weighted by Gasteiger charge is -2.26. The third kappa shape index (κ3) is 4.86. The van der Waals surface area contributed by atoms with E-state index in [9.17, 15) is 14.7 Å². The first kappa shape index (κ1) is 22.3. The van der Waals surface area contributed by atoms with Crippen LogP contribution >= 0.6 is 0 Å². The van der Waals surface area contributed by atoms with Crippen LogP contribution in [0.1, 0.15) is 22.7 Å². The zero-order valence-electron chi connectivity index (χ0n) is 18.2. The van der Waals surface area contributed by atoms with Gasteiger partial charge in [-0.05, 0) is 24.6 Å². The first-order valence-electron chi connectivity index (χ1n) is 10.3. The monoisotopic (exact) mass is 421 g/mol. The first-order chi connectivity index (χ1) is 14.8. The molecule has 6 heteroatoms. The Morgan fingerprint density at radius 3 is 2.55 bits per heavy atom. The van der Waals surface area contributed by atoms with Crippen molar-refractivity contribution in [3.8, 4) is 5.75 Å². The van der Waals surface area contributed by atoms with E-state index >= 15 is 0 Å². The van der Waals surface area contributed by atoms with Gasteiger partial charge in [0.05, 0.1) is 38.8 Å². The number of nitrogens with zero attached hydrogens (tertiary/aromatic N) is 1. The molecule has 162 valence electrons. The Morgan fingerprint density at radius 1 is 1.19 bits per heavy atom. The van der Waals surface area contributed by atoms with Gasteiger partial charge < -0.3 is 19.6 Å². The molecule has 1 aliphatic heterocycles. The Bertz CT molecular complexity index is 1010. The van der Waals surface area contributed by atoms with Crippen LogP contribution in [-0.4, -0.2) is 55.5 Å². The zero-order chi connectivity index (χ0) is 22.5. The molecule has 1 amide bonds. The second-order valence-corrected chi connectivity index (χ2v) is 7.99. The Kier molecular flexibility index (Phi) is 6.92. The molecule has 3 rings (SSSR count). The number of likely N-dealkylation sites (N-methyl/N-ethyl adjacent to an activating group) is 1. The van der Waals surface area contributed by atoms with Gasteiger partial charge in [-0.3, -0.25) is 9.59 Å². The van der Waals surface area contributed by atoms with E-state index in [2.05, 4.69) is 6.58 Å². The highest BCUT2D eigenvalue weighted by atomic mass is 16.5. The molecule has 1 aliphatic rings. The molecule has 0 radical (unpaired) electrons. The van der Waals surface area contributed by atoms with Crippen molar-refractivity contribution in [3.63, 3.8) is 0 Å². The molecule has 0 unspecified atom stereocenters. The number of carbonyl (C=O) groups is 2. The number of likely N-dealkylation sites (tertiary alicyclic amines) is 1. The number of ether oxygens (including phenoxy) is 1. The van der Waals surface area contributed by atoms with Crippen LogP contribution in [0.25, 0.3) is 5.76 Å². The molecule has 2 aromatic carbocycles. The maximum Gasteiger partial charge on any atom is 0.295 e. The lowest BCUT2D eigenvalue weighted by Crippen LogP contribution is -3.06. The van der Waals surface area contributed by atoms with Crippen molar-refractivity contribution in [2.24, 2.45) is 0 Å². The van der Waals surface area contributed by atoms with Crippen molar-refractivity contribution >= 4 is 17.4 Å². The normalized spacial score (nSPS) is 17.9. The predicted molar refractivity (Wildman–Crippen MR) is 120 cm³/mol. The van der Waals surface area contributed by atoms with Crippen LogP contribution in [0.4, 0.5) is 0 Å².